The Morgan fingerprint density at radius 2 is 1.68 bits per heavy atom. The third kappa shape index (κ3) is 3.94. The van der Waals surface area contributed by atoms with E-state index in [0.717, 1.165) is 12.1 Å². The van der Waals surface area contributed by atoms with E-state index in [1.54, 1.807) is 12.1 Å². The van der Waals surface area contributed by atoms with Crippen LogP contribution >= 0.6 is 0 Å². The molecule has 4 nitrogen and oxygen atoms in total. The second-order valence-electron chi connectivity index (χ2n) is 8.39. The first kappa shape index (κ1) is 22.5. The lowest BCUT2D eigenvalue weighted by Gasteiger charge is -2.38. The van der Waals surface area contributed by atoms with Crippen molar-refractivity contribution in [3.8, 4) is 0 Å². The number of rotatable bonds is 4. The molecule has 176 valence electrons. The summed E-state index contributed by atoms with van der Waals surface area (Å²) in [6, 6.07) is 14.8. The molecule has 1 heterocycles. The molecule has 0 aromatic heterocycles. The van der Waals surface area contributed by atoms with Gasteiger partial charge in [-0.2, -0.15) is 13.2 Å². The van der Waals surface area contributed by atoms with Gasteiger partial charge in [0.2, 0.25) is 0 Å². The van der Waals surface area contributed by atoms with Crippen LogP contribution in [0.1, 0.15) is 35.1 Å². The van der Waals surface area contributed by atoms with E-state index in [1.807, 2.05) is 12.2 Å². The van der Waals surface area contributed by atoms with E-state index in [0.29, 0.717) is 17.7 Å². The smallest absolute Gasteiger partial charge is 0.378 e. The van der Waals surface area contributed by atoms with Gasteiger partial charge in [0.25, 0.3) is 10.0 Å². The van der Waals surface area contributed by atoms with Gasteiger partial charge in [-0.25, -0.2) is 12.8 Å². The van der Waals surface area contributed by atoms with E-state index in [-0.39, 0.29) is 28.0 Å². The highest BCUT2D eigenvalue weighted by molar-refractivity contribution is 7.92. The highest BCUT2D eigenvalue weighted by Gasteiger charge is 2.42. The van der Waals surface area contributed by atoms with Gasteiger partial charge in [-0.15, -0.1) is 0 Å². The van der Waals surface area contributed by atoms with E-state index < -0.39 is 33.6 Å². The summed E-state index contributed by atoms with van der Waals surface area (Å²) >= 11 is 0. The first-order chi connectivity index (χ1) is 16.1. The van der Waals surface area contributed by atoms with Crippen LogP contribution in [-0.2, 0) is 16.2 Å². The fourth-order valence-electron chi connectivity index (χ4n) is 4.82. The van der Waals surface area contributed by atoms with Crippen LogP contribution in [0, 0.1) is 11.7 Å². The molecule has 0 unspecified atom stereocenters. The Labute approximate surface area is 194 Å². The molecule has 2 aliphatic rings. The summed E-state index contributed by atoms with van der Waals surface area (Å²) in [7, 11) is -4.08. The van der Waals surface area contributed by atoms with Crippen LogP contribution in [0.25, 0.3) is 0 Å². The van der Waals surface area contributed by atoms with Crippen LogP contribution < -0.4 is 10.0 Å². The lowest BCUT2D eigenvalue weighted by Crippen LogP contribution is -2.31. The predicted molar refractivity (Wildman–Crippen MR) is 121 cm³/mol. The summed E-state index contributed by atoms with van der Waals surface area (Å²) in [5, 5.41) is 3.22. The molecule has 0 bridgehead atoms. The van der Waals surface area contributed by atoms with Crippen molar-refractivity contribution in [3.05, 3.63) is 101 Å². The molecule has 0 amide bonds. The molecule has 0 saturated carbocycles. The summed E-state index contributed by atoms with van der Waals surface area (Å²) in [6.45, 7) is 0. The number of sulfonamides is 1. The molecule has 9 heteroatoms. The van der Waals surface area contributed by atoms with Gasteiger partial charge in [-0.1, -0.05) is 42.5 Å². The van der Waals surface area contributed by atoms with Gasteiger partial charge in [0.05, 0.1) is 22.2 Å². The Hall–Kier alpha value is -3.33. The molecule has 3 atom stereocenters. The van der Waals surface area contributed by atoms with Crippen molar-refractivity contribution in [2.75, 3.05) is 10.0 Å². The average molecular weight is 489 g/mol. The quantitative estimate of drug-likeness (QED) is 0.327. The minimum Gasteiger partial charge on any atom is -0.378 e. The van der Waals surface area contributed by atoms with E-state index in [4.69, 9.17) is 0 Å². The van der Waals surface area contributed by atoms with Crippen molar-refractivity contribution < 1.29 is 26.0 Å². The molecule has 0 fully saturated rings. The SMILES string of the molecule is O=S(=O)(Nc1ccccc1F)c1ccc2c(c1)[C@H]1C=CC[C@H]1[C@@H](c1ccccc1C(F)(F)F)N2. The average Bonchev–Trinajstić information content (AvgIpc) is 3.29. The Morgan fingerprint density at radius 1 is 0.941 bits per heavy atom. The summed E-state index contributed by atoms with van der Waals surface area (Å²) < 4.78 is 83.2. The summed E-state index contributed by atoms with van der Waals surface area (Å²) in [5.74, 6) is -1.17. The van der Waals surface area contributed by atoms with Crippen LogP contribution in [0.3, 0.4) is 0 Å². The maximum absolute atomic E-state index is 14.0. The van der Waals surface area contributed by atoms with E-state index in [1.165, 1.54) is 42.5 Å². The number of nitrogens with one attached hydrogen (secondary N) is 2. The third-order valence-corrected chi connectivity index (χ3v) is 7.73. The number of para-hydroxylation sites is 1. The first-order valence-corrected chi connectivity index (χ1v) is 12.1. The molecule has 1 aliphatic carbocycles. The number of anilines is 2. The van der Waals surface area contributed by atoms with Crippen molar-refractivity contribution in [1.29, 1.82) is 0 Å². The molecule has 0 saturated heterocycles. The number of fused-ring (bicyclic) bond motifs is 3. The molecule has 1 aliphatic heterocycles. The molecular formula is C25H20F4N2O2S. The highest BCUT2D eigenvalue weighted by atomic mass is 32.2. The molecule has 5 rings (SSSR count). The van der Waals surface area contributed by atoms with Crippen LogP contribution in [0.5, 0.6) is 0 Å². The highest BCUT2D eigenvalue weighted by Crippen LogP contribution is 2.51. The number of alkyl halides is 3. The molecule has 0 spiro atoms. The number of benzene rings is 3. The van der Waals surface area contributed by atoms with E-state index in [9.17, 15) is 26.0 Å². The zero-order chi connectivity index (χ0) is 24.1. The second kappa shape index (κ2) is 8.16. The standard InChI is InChI=1S/C25H20F4N2O2S/c26-21-10-3-4-11-23(21)31-34(32,33)15-12-13-22-19(14-15)16-7-5-8-17(16)24(30-22)18-6-1-2-9-20(18)25(27,28)29/h1-7,9-14,16-17,24,30-31H,8H2/t16-,17+,24-/m0/s1. The zero-order valence-electron chi connectivity index (χ0n) is 17.7. The van der Waals surface area contributed by atoms with Crippen LogP contribution in [0.15, 0.2) is 83.8 Å². The molecule has 3 aromatic rings. The third-order valence-electron chi connectivity index (χ3n) is 6.36. The molecule has 2 N–H and O–H groups in total. The maximum Gasteiger partial charge on any atom is 0.416 e. The van der Waals surface area contributed by atoms with Crippen molar-refractivity contribution in [2.24, 2.45) is 5.92 Å². The normalized spacial score (nSPS) is 21.5. The van der Waals surface area contributed by atoms with Crippen molar-refractivity contribution in [3.63, 3.8) is 0 Å². The van der Waals surface area contributed by atoms with E-state index >= 15 is 0 Å². The lowest BCUT2D eigenvalue weighted by atomic mass is 9.76. The molecule has 3 aromatic carbocycles. The monoisotopic (exact) mass is 488 g/mol. The van der Waals surface area contributed by atoms with Crippen LogP contribution in [0.4, 0.5) is 28.9 Å². The number of hydrogen-bond acceptors (Lipinski definition) is 3. The lowest BCUT2D eigenvalue weighted by molar-refractivity contribution is -0.138. The first-order valence-electron chi connectivity index (χ1n) is 10.7. The summed E-state index contributed by atoms with van der Waals surface area (Å²) in [5.41, 5.74) is 0.559. The van der Waals surface area contributed by atoms with E-state index in [2.05, 4.69) is 10.0 Å². The zero-order valence-corrected chi connectivity index (χ0v) is 18.5. The van der Waals surface area contributed by atoms with Crippen molar-refractivity contribution in [2.45, 2.75) is 29.5 Å². The molecule has 0 radical (unpaired) electrons. The maximum atomic E-state index is 14.0. The Kier molecular flexibility index (Phi) is 5.39. The number of hydrogen-bond donors (Lipinski definition) is 2. The van der Waals surface area contributed by atoms with Gasteiger partial charge in [-0.3, -0.25) is 4.72 Å². The van der Waals surface area contributed by atoms with Gasteiger partial charge in [0, 0.05) is 11.6 Å². The minimum atomic E-state index is -4.49. The van der Waals surface area contributed by atoms with Gasteiger partial charge in [0.1, 0.15) is 5.82 Å². The van der Waals surface area contributed by atoms with Crippen LogP contribution in [0.2, 0.25) is 0 Å². The molecule has 34 heavy (non-hydrogen) atoms. The van der Waals surface area contributed by atoms with Crippen LogP contribution in [-0.4, -0.2) is 8.42 Å². The molecular weight excluding hydrogens is 468 g/mol. The Balaban J connectivity index is 1.52. The topological polar surface area (TPSA) is 58.2 Å². The summed E-state index contributed by atoms with van der Waals surface area (Å²) in [4.78, 5) is -0.0514. The Bertz CT molecular complexity index is 1390. The number of allylic oxidation sites excluding steroid dienone is 2. The van der Waals surface area contributed by atoms with Gasteiger partial charge < -0.3 is 5.32 Å². The summed E-state index contributed by atoms with van der Waals surface area (Å²) in [6.07, 6.45) is -0.114. The van der Waals surface area contributed by atoms with Crippen molar-refractivity contribution in [1.82, 2.24) is 0 Å². The van der Waals surface area contributed by atoms with Gasteiger partial charge in [-0.05, 0) is 59.9 Å². The fourth-order valence-corrected chi connectivity index (χ4v) is 5.92. The van der Waals surface area contributed by atoms with Gasteiger partial charge >= 0.3 is 6.18 Å². The second-order valence-corrected chi connectivity index (χ2v) is 10.1. The van der Waals surface area contributed by atoms with Crippen molar-refractivity contribution >= 4 is 21.4 Å². The largest absolute Gasteiger partial charge is 0.416 e. The fraction of sp³-hybridized carbons (Fsp3) is 0.200. The number of halogens is 4. The Morgan fingerprint density at radius 3 is 2.44 bits per heavy atom. The minimum absolute atomic E-state index is 0.0514. The van der Waals surface area contributed by atoms with Gasteiger partial charge in [0.15, 0.2) is 0 Å². The predicted octanol–water partition coefficient (Wildman–Crippen LogP) is 6.47.